The summed E-state index contributed by atoms with van der Waals surface area (Å²) in [6.45, 7) is 1.40. The maximum Gasteiger partial charge on any atom is 0.181 e. The van der Waals surface area contributed by atoms with Crippen molar-refractivity contribution in [2.45, 2.75) is 18.9 Å². The van der Waals surface area contributed by atoms with Crippen LogP contribution in [-0.2, 0) is 0 Å². The molecule has 1 aliphatic heterocycles. The Kier molecular flexibility index (Phi) is 3.04. The van der Waals surface area contributed by atoms with Crippen LogP contribution in [0, 0.1) is 0 Å². The summed E-state index contributed by atoms with van der Waals surface area (Å²) in [4.78, 5) is 10.4. The highest BCUT2D eigenvalue weighted by Gasteiger charge is 2.22. The van der Waals surface area contributed by atoms with Crippen LogP contribution in [0.4, 0.5) is 11.5 Å². The molecule has 0 amide bonds. The minimum atomic E-state index is -0.323. The zero-order chi connectivity index (χ0) is 13.2. The van der Waals surface area contributed by atoms with Gasteiger partial charge in [-0.25, -0.2) is 14.6 Å². The van der Waals surface area contributed by atoms with E-state index in [0.717, 1.165) is 19.4 Å². The molecule has 2 aromatic heterocycles. The molecule has 3 heterocycles. The first-order valence-corrected chi connectivity index (χ1v) is 6.29. The lowest BCUT2D eigenvalue weighted by molar-refractivity contribution is 0.154. The summed E-state index contributed by atoms with van der Waals surface area (Å²) in [5, 5.41) is 13.9. The van der Waals surface area contributed by atoms with Crippen molar-refractivity contribution in [3.8, 4) is 5.82 Å². The number of aliphatic hydroxyl groups is 1. The Morgan fingerprint density at radius 1 is 1.32 bits per heavy atom. The Hall–Kier alpha value is -2.15. The third kappa shape index (κ3) is 2.24. The van der Waals surface area contributed by atoms with E-state index in [4.69, 9.17) is 5.73 Å². The highest BCUT2D eigenvalue weighted by atomic mass is 16.3. The number of aliphatic hydroxyl groups excluding tert-OH is 1. The zero-order valence-corrected chi connectivity index (χ0v) is 10.5. The van der Waals surface area contributed by atoms with Gasteiger partial charge in [0.2, 0.25) is 0 Å². The standard InChI is InChI=1S/C12H16N6O/c13-10-11(17-5-1-3-9(19)7-17)14-8-15-12(10)18-6-2-4-16-18/h2,4,6,8-9,19H,1,3,5,7,13H2. The fourth-order valence-electron chi connectivity index (χ4n) is 2.35. The Labute approximate surface area is 110 Å². The number of hydrogen-bond acceptors (Lipinski definition) is 6. The van der Waals surface area contributed by atoms with Gasteiger partial charge in [-0.2, -0.15) is 5.10 Å². The molecule has 3 rings (SSSR count). The monoisotopic (exact) mass is 260 g/mol. The fourth-order valence-corrected chi connectivity index (χ4v) is 2.35. The average molecular weight is 260 g/mol. The molecule has 7 nitrogen and oxygen atoms in total. The highest BCUT2D eigenvalue weighted by Crippen LogP contribution is 2.27. The molecule has 19 heavy (non-hydrogen) atoms. The summed E-state index contributed by atoms with van der Waals surface area (Å²) >= 11 is 0. The molecule has 7 heteroatoms. The Morgan fingerprint density at radius 3 is 2.89 bits per heavy atom. The first kappa shape index (κ1) is 11.9. The minimum Gasteiger partial charge on any atom is -0.393 e. The van der Waals surface area contributed by atoms with Crippen molar-refractivity contribution < 1.29 is 5.11 Å². The third-order valence-corrected chi connectivity index (χ3v) is 3.26. The molecule has 3 N–H and O–H groups in total. The molecular formula is C12H16N6O. The van der Waals surface area contributed by atoms with E-state index >= 15 is 0 Å². The Bertz CT molecular complexity index is 555. The third-order valence-electron chi connectivity index (χ3n) is 3.26. The number of nitrogens with zero attached hydrogens (tertiary/aromatic N) is 5. The van der Waals surface area contributed by atoms with E-state index in [2.05, 4.69) is 15.1 Å². The fraction of sp³-hybridized carbons (Fsp3) is 0.417. The SMILES string of the molecule is Nc1c(N2CCCC(O)C2)ncnc1-n1cccn1. The molecule has 0 aliphatic carbocycles. The lowest BCUT2D eigenvalue weighted by Crippen LogP contribution is -2.39. The van der Waals surface area contributed by atoms with E-state index in [1.165, 1.54) is 6.33 Å². The molecule has 1 fully saturated rings. The Balaban J connectivity index is 1.96. The van der Waals surface area contributed by atoms with Crippen molar-refractivity contribution in [2.24, 2.45) is 0 Å². The number of hydrogen-bond donors (Lipinski definition) is 2. The van der Waals surface area contributed by atoms with Crippen molar-refractivity contribution in [2.75, 3.05) is 23.7 Å². The summed E-state index contributed by atoms with van der Waals surface area (Å²) in [5.41, 5.74) is 6.63. The predicted octanol–water partition coefficient (Wildman–Crippen LogP) is 0.206. The van der Waals surface area contributed by atoms with Crippen molar-refractivity contribution >= 4 is 11.5 Å². The van der Waals surface area contributed by atoms with Gasteiger partial charge < -0.3 is 15.7 Å². The quantitative estimate of drug-likeness (QED) is 0.801. The maximum absolute atomic E-state index is 9.74. The van der Waals surface area contributed by atoms with Crippen molar-refractivity contribution in [3.63, 3.8) is 0 Å². The maximum atomic E-state index is 9.74. The second kappa shape index (κ2) is 4.85. The lowest BCUT2D eigenvalue weighted by Gasteiger charge is -2.31. The first-order chi connectivity index (χ1) is 9.25. The van der Waals surface area contributed by atoms with E-state index in [1.54, 1.807) is 17.1 Å². The van der Waals surface area contributed by atoms with Crippen LogP contribution in [0.1, 0.15) is 12.8 Å². The second-order valence-electron chi connectivity index (χ2n) is 4.63. The molecule has 0 aromatic carbocycles. The van der Waals surface area contributed by atoms with E-state index < -0.39 is 0 Å². The molecule has 1 atom stereocenters. The predicted molar refractivity (Wildman–Crippen MR) is 71.0 cm³/mol. The van der Waals surface area contributed by atoms with Crippen LogP contribution in [0.15, 0.2) is 24.8 Å². The van der Waals surface area contributed by atoms with Gasteiger partial charge in [0, 0.05) is 25.5 Å². The number of anilines is 2. The van der Waals surface area contributed by atoms with Gasteiger partial charge in [0.25, 0.3) is 0 Å². The Morgan fingerprint density at radius 2 is 2.16 bits per heavy atom. The van der Waals surface area contributed by atoms with E-state index in [-0.39, 0.29) is 6.10 Å². The van der Waals surface area contributed by atoms with Gasteiger partial charge in [0.05, 0.1) is 6.10 Å². The van der Waals surface area contributed by atoms with Gasteiger partial charge in [0.15, 0.2) is 11.6 Å². The molecule has 0 saturated carbocycles. The number of β-amino-alcohol motifs (C(OH)–C–C–N with tert-alkyl or cyclic N) is 1. The molecule has 0 bridgehead atoms. The van der Waals surface area contributed by atoms with Crippen molar-refractivity contribution in [1.82, 2.24) is 19.7 Å². The van der Waals surface area contributed by atoms with E-state index in [0.29, 0.717) is 23.9 Å². The number of aromatic nitrogens is 4. The topological polar surface area (TPSA) is 93.1 Å². The van der Waals surface area contributed by atoms with Gasteiger partial charge in [-0.05, 0) is 18.9 Å². The molecule has 1 saturated heterocycles. The molecule has 0 spiro atoms. The smallest absolute Gasteiger partial charge is 0.181 e. The van der Waals surface area contributed by atoms with Gasteiger partial charge in [-0.3, -0.25) is 0 Å². The van der Waals surface area contributed by atoms with Gasteiger partial charge in [-0.1, -0.05) is 0 Å². The van der Waals surface area contributed by atoms with Crippen molar-refractivity contribution in [1.29, 1.82) is 0 Å². The van der Waals surface area contributed by atoms with E-state index in [1.807, 2.05) is 11.0 Å². The molecule has 1 aliphatic rings. The molecule has 2 aromatic rings. The summed E-state index contributed by atoms with van der Waals surface area (Å²) in [6.07, 6.45) is 6.37. The van der Waals surface area contributed by atoms with Crippen LogP contribution >= 0.6 is 0 Å². The van der Waals surface area contributed by atoms with Crippen LogP contribution in [0.2, 0.25) is 0 Å². The summed E-state index contributed by atoms with van der Waals surface area (Å²) in [6, 6.07) is 1.81. The minimum absolute atomic E-state index is 0.323. The summed E-state index contributed by atoms with van der Waals surface area (Å²) < 4.78 is 1.61. The van der Waals surface area contributed by atoms with Crippen LogP contribution in [0.5, 0.6) is 0 Å². The largest absolute Gasteiger partial charge is 0.393 e. The average Bonchev–Trinajstić information content (AvgIpc) is 2.93. The van der Waals surface area contributed by atoms with Crippen molar-refractivity contribution in [3.05, 3.63) is 24.8 Å². The van der Waals surface area contributed by atoms with Crippen LogP contribution < -0.4 is 10.6 Å². The second-order valence-corrected chi connectivity index (χ2v) is 4.63. The highest BCUT2D eigenvalue weighted by molar-refractivity contribution is 5.70. The number of rotatable bonds is 2. The molecule has 0 radical (unpaired) electrons. The molecule has 1 unspecified atom stereocenters. The van der Waals surface area contributed by atoms with Gasteiger partial charge in [-0.15, -0.1) is 0 Å². The van der Waals surface area contributed by atoms with E-state index in [9.17, 15) is 5.11 Å². The first-order valence-electron chi connectivity index (χ1n) is 6.29. The molecular weight excluding hydrogens is 244 g/mol. The number of nitrogens with two attached hydrogens (primary N) is 1. The van der Waals surface area contributed by atoms with Gasteiger partial charge >= 0.3 is 0 Å². The molecule has 100 valence electrons. The number of piperidine rings is 1. The van der Waals surface area contributed by atoms with Gasteiger partial charge in [0.1, 0.15) is 12.0 Å². The summed E-state index contributed by atoms with van der Waals surface area (Å²) in [5.74, 6) is 1.23. The van der Waals surface area contributed by atoms with Crippen LogP contribution in [-0.4, -0.2) is 44.0 Å². The summed E-state index contributed by atoms with van der Waals surface area (Å²) in [7, 11) is 0. The zero-order valence-electron chi connectivity index (χ0n) is 10.5. The normalized spacial score (nSPS) is 19.6. The number of nitrogen functional groups attached to an aromatic ring is 1. The lowest BCUT2D eigenvalue weighted by atomic mass is 10.1. The van der Waals surface area contributed by atoms with Crippen LogP contribution in [0.25, 0.3) is 5.82 Å². The van der Waals surface area contributed by atoms with Crippen LogP contribution in [0.3, 0.4) is 0 Å².